The van der Waals surface area contributed by atoms with E-state index in [2.05, 4.69) is 56.1 Å². The summed E-state index contributed by atoms with van der Waals surface area (Å²) in [6.45, 7) is 13.4. The van der Waals surface area contributed by atoms with Gasteiger partial charge < -0.3 is 38.7 Å². The maximum absolute atomic E-state index is 14.9. The van der Waals surface area contributed by atoms with Gasteiger partial charge in [0.1, 0.15) is 24.1 Å². The lowest BCUT2D eigenvalue weighted by atomic mass is 9.55. The number of amides is 1. The number of rotatable bonds is 22. The van der Waals surface area contributed by atoms with E-state index in [1.807, 2.05) is 30.3 Å². The van der Waals surface area contributed by atoms with Gasteiger partial charge in [0.25, 0.3) is 0 Å². The summed E-state index contributed by atoms with van der Waals surface area (Å²) in [5.41, 5.74) is 3.57. The van der Waals surface area contributed by atoms with Crippen molar-refractivity contribution in [2.24, 2.45) is 22.9 Å². The molecule has 7 rings (SSSR count). The van der Waals surface area contributed by atoms with Gasteiger partial charge in [0.2, 0.25) is 12.1 Å². The van der Waals surface area contributed by atoms with E-state index in [1.165, 1.54) is 0 Å². The van der Waals surface area contributed by atoms with Gasteiger partial charge in [-0.05, 0) is 96.9 Å². The Kier molecular flexibility index (Phi) is 15.9. The summed E-state index contributed by atoms with van der Waals surface area (Å²) < 4.78 is 32.9. The Bertz CT molecular complexity index is 2050. The minimum atomic E-state index is -1.45. The first-order chi connectivity index (χ1) is 30.5. The van der Waals surface area contributed by atoms with Gasteiger partial charge in [0, 0.05) is 37.5 Å². The molecule has 1 saturated heterocycles. The summed E-state index contributed by atoms with van der Waals surface area (Å²) in [5, 5.41) is 27.0. The molecular formula is C51H64N2O9. The molecule has 11 heteroatoms. The van der Waals surface area contributed by atoms with Crippen LogP contribution in [0.1, 0.15) is 87.7 Å². The summed E-state index contributed by atoms with van der Waals surface area (Å²) >= 11 is 0. The molecule has 1 amide bonds. The number of hydrogen-bond donors (Lipinski definition) is 2. The van der Waals surface area contributed by atoms with Crippen LogP contribution >= 0.6 is 0 Å². The number of carbonyl (C=O) groups is 1. The minimum Gasteiger partial charge on any atom is -0.490 e. The van der Waals surface area contributed by atoms with Crippen LogP contribution in [0.25, 0.3) is 10.8 Å². The molecule has 332 valence electrons. The van der Waals surface area contributed by atoms with E-state index in [1.54, 1.807) is 23.1 Å². The summed E-state index contributed by atoms with van der Waals surface area (Å²) in [5.74, 6) is -0.657. The smallest absolute Gasteiger partial charge is 0.410 e. The standard InChI is InChI=1S/C51H64N2O9/c1-4-7-30-59-50(56)53(35-38-20-16-19-36-17-8-9-21-40(36)38)46-34-44(52-62-47-23-12-15-31-58-47)42-32-37(18-10-13-26-54)41(22-11-14-27-55)48-43-33-39(57-28-5-2)24-25-45(43)61-51(46,49(42)48)60-29-6-3/h4-6,8-9,16-17,19-21,24-25,32-33,37,41,46-49,54-55H,1-3,7,10-15,18,22-23,26-31,34-35H2. The van der Waals surface area contributed by atoms with E-state index in [4.69, 9.17) is 33.7 Å². The fourth-order valence-corrected chi connectivity index (χ4v) is 10.0. The molecule has 11 nitrogen and oxygen atoms in total. The Morgan fingerprint density at radius 2 is 1.74 bits per heavy atom. The molecule has 62 heavy (non-hydrogen) atoms. The van der Waals surface area contributed by atoms with Gasteiger partial charge in [-0.2, -0.15) is 0 Å². The van der Waals surface area contributed by atoms with Crippen LogP contribution in [0.3, 0.4) is 0 Å². The molecule has 2 N–H and O–H groups in total. The zero-order valence-electron chi connectivity index (χ0n) is 36.0. The van der Waals surface area contributed by atoms with E-state index in [0.29, 0.717) is 49.7 Å². The van der Waals surface area contributed by atoms with Crippen molar-refractivity contribution in [1.29, 1.82) is 0 Å². The molecule has 7 atom stereocenters. The number of unbranched alkanes of at least 4 members (excludes halogenated alkanes) is 2. The highest BCUT2D eigenvalue weighted by molar-refractivity contribution is 6.03. The van der Waals surface area contributed by atoms with E-state index in [9.17, 15) is 15.0 Å². The molecule has 4 aliphatic rings. The third-order valence-electron chi connectivity index (χ3n) is 12.8. The van der Waals surface area contributed by atoms with Crippen LogP contribution in [0.4, 0.5) is 4.79 Å². The van der Waals surface area contributed by atoms with Crippen molar-refractivity contribution in [3.63, 3.8) is 0 Å². The number of aliphatic hydroxyl groups excluding tert-OH is 2. The molecule has 0 bridgehead atoms. The van der Waals surface area contributed by atoms with Crippen LogP contribution in [0.15, 0.2) is 115 Å². The Hall–Kier alpha value is -4.94. The van der Waals surface area contributed by atoms with Crippen molar-refractivity contribution < 1.29 is 43.5 Å². The highest BCUT2D eigenvalue weighted by atomic mass is 16.8. The third-order valence-corrected chi connectivity index (χ3v) is 12.8. The first-order valence-corrected chi connectivity index (χ1v) is 22.6. The van der Waals surface area contributed by atoms with E-state index < -0.39 is 30.1 Å². The SMILES string of the molecule is C=CCCOC(=O)N(Cc1cccc2ccccc12)C1CC(=NOC2CCCCO2)C2=CC(CCCCO)C(CCCCO)C3c4cc(OCC=C)ccc4OC1(OCC=C)C23. The summed E-state index contributed by atoms with van der Waals surface area (Å²) in [7, 11) is 0. The van der Waals surface area contributed by atoms with Gasteiger partial charge in [0.05, 0.1) is 38.0 Å². The van der Waals surface area contributed by atoms with Crippen molar-refractivity contribution in [3.05, 3.63) is 121 Å². The molecule has 1 saturated carbocycles. The number of oxime groups is 1. The molecule has 0 radical (unpaired) electrons. The van der Waals surface area contributed by atoms with Crippen LogP contribution in [0, 0.1) is 17.8 Å². The molecule has 3 aromatic carbocycles. The average molecular weight is 849 g/mol. The van der Waals surface area contributed by atoms with E-state index in [0.717, 1.165) is 72.4 Å². The molecule has 2 fully saturated rings. The Morgan fingerprint density at radius 3 is 2.52 bits per heavy atom. The number of hydrogen-bond acceptors (Lipinski definition) is 10. The number of fused-ring (bicyclic) bond motifs is 3. The molecule has 2 aliphatic carbocycles. The maximum atomic E-state index is 14.9. The number of aliphatic hydroxyl groups is 2. The fraction of sp³-hybridized carbons (Fsp3) is 0.490. The fourth-order valence-electron chi connectivity index (χ4n) is 10.0. The van der Waals surface area contributed by atoms with Gasteiger partial charge in [-0.25, -0.2) is 4.79 Å². The predicted octanol–water partition coefficient (Wildman–Crippen LogP) is 9.78. The Labute approximate surface area is 366 Å². The Morgan fingerprint density at radius 1 is 0.935 bits per heavy atom. The van der Waals surface area contributed by atoms with Crippen LogP contribution in [0.5, 0.6) is 11.5 Å². The van der Waals surface area contributed by atoms with Crippen molar-refractivity contribution in [2.45, 2.75) is 101 Å². The summed E-state index contributed by atoms with van der Waals surface area (Å²) in [4.78, 5) is 23.0. The number of ether oxygens (including phenoxy) is 5. The van der Waals surface area contributed by atoms with Crippen LogP contribution < -0.4 is 9.47 Å². The largest absolute Gasteiger partial charge is 0.490 e. The third kappa shape index (κ3) is 9.97. The lowest BCUT2D eigenvalue weighted by molar-refractivity contribution is -0.256. The quantitative estimate of drug-likeness (QED) is 0.0577. The first kappa shape index (κ1) is 45.1. The minimum absolute atomic E-state index is 0.0617. The van der Waals surface area contributed by atoms with E-state index >= 15 is 0 Å². The second-order valence-electron chi connectivity index (χ2n) is 16.7. The molecule has 7 unspecified atom stereocenters. The zero-order chi connectivity index (χ0) is 43.3. The van der Waals surface area contributed by atoms with Crippen LogP contribution in [-0.2, 0) is 25.6 Å². The molecule has 3 aromatic rings. The normalized spacial score (nSPS) is 25.7. The van der Waals surface area contributed by atoms with Gasteiger partial charge >= 0.3 is 6.09 Å². The average Bonchev–Trinajstić information content (AvgIpc) is 3.30. The Balaban J connectivity index is 1.47. The summed E-state index contributed by atoms with van der Waals surface area (Å²) in [6.07, 6.45) is 14.6. The monoisotopic (exact) mass is 848 g/mol. The second-order valence-corrected chi connectivity index (χ2v) is 16.7. The maximum Gasteiger partial charge on any atom is 0.410 e. The number of allylic oxidation sites excluding steroid dienone is 1. The first-order valence-electron chi connectivity index (χ1n) is 22.6. The zero-order valence-corrected chi connectivity index (χ0v) is 36.0. The second kappa shape index (κ2) is 21.9. The van der Waals surface area contributed by atoms with Crippen LogP contribution in [-0.4, -0.2) is 84.7 Å². The number of nitrogens with zero attached hydrogens (tertiary/aromatic N) is 2. The van der Waals surface area contributed by atoms with Gasteiger partial charge in [-0.15, -0.1) is 13.2 Å². The molecule has 0 aromatic heterocycles. The van der Waals surface area contributed by atoms with E-state index in [-0.39, 0.29) is 57.1 Å². The number of carbonyl (C=O) groups excluding carboxylic acids is 1. The van der Waals surface area contributed by atoms with Crippen molar-refractivity contribution >= 4 is 22.6 Å². The molecule has 2 aliphatic heterocycles. The lowest BCUT2D eigenvalue weighted by Crippen LogP contribution is -2.70. The van der Waals surface area contributed by atoms with Gasteiger partial charge in [-0.1, -0.05) is 91.3 Å². The molecule has 0 spiro atoms. The van der Waals surface area contributed by atoms with Crippen molar-refractivity contribution in [1.82, 2.24) is 4.90 Å². The van der Waals surface area contributed by atoms with Crippen molar-refractivity contribution in [3.8, 4) is 11.5 Å². The van der Waals surface area contributed by atoms with Gasteiger partial charge in [-0.3, -0.25) is 4.90 Å². The highest BCUT2D eigenvalue weighted by Gasteiger charge is 2.65. The van der Waals surface area contributed by atoms with Crippen molar-refractivity contribution in [2.75, 3.05) is 39.6 Å². The molecular weight excluding hydrogens is 785 g/mol. The lowest BCUT2D eigenvalue weighted by Gasteiger charge is -2.60. The molecule has 2 heterocycles. The number of benzene rings is 3. The predicted molar refractivity (Wildman–Crippen MR) is 241 cm³/mol. The van der Waals surface area contributed by atoms with Crippen LogP contribution in [0.2, 0.25) is 0 Å². The summed E-state index contributed by atoms with van der Waals surface area (Å²) in [6, 6.07) is 19.5. The van der Waals surface area contributed by atoms with Gasteiger partial charge in [0.15, 0.2) is 0 Å². The topological polar surface area (TPSA) is 129 Å². The highest BCUT2D eigenvalue weighted by Crippen LogP contribution is 2.62.